The molecule has 3 aromatic heterocycles. The van der Waals surface area contributed by atoms with Gasteiger partial charge in [0.05, 0.1) is 31.0 Å². The van der Waals surface area contributed by atoms with E-state index in [0.717, 1.165) is 11.5 Å². The normalized spacial score (nSPS) is 10.7. The Labute approximate surface area is 187 Å². The van der Waals surface area contributed by atoms with E-state index in [-0.39, 0.29) is 11.9 Å². The summed E-state index contributed by atoms with van der Waals surface area (Å²) in [5.41, 5.74) is 1.87. The number of aryl methyl sites for hydroxylation is 1. The number of nitrogens with zero attached hydrogens (tertiary/aromatic N) is 4. The fourth-order valence-corrected chi connectivity index (χ4v) is 3.78. The van der Waals surface area contributed by atoms with Gasteiger partial charge in [-0.25, -0.2) is 4.98 Å². The zero-order valence-corrected chi connectivity index (χ0v) is 18.4. The molecular formula is C21H20N6O4S. The van der Waals surface area contributed by atoms with Crippen LogP contribution in [0.25, 0.3) is 11.4 Å². The van der Waals surface area contributed by atoms with Crippen molar-refractivity contribution >= 4 is 23.6 Å². The molecule has 10 nitrogen and oxygen atoms in total. The highest BCUT2D eigenvalue weighted by Crippen LogP contribution is 2.31. The first-order valence-electron chi connectivity index (χ1n) is 9.53. The SMILES string of the molecule is COc1ccc(-c2nc(NC(=O)c3cccnc3SCc3cc(C)on3)n[nH]2)c(OC)c1. The van der Waals surface area contributed by atoms with Crippen molar-refractivity contribution in [3.63, 3.8) is 0 Å². The molecule has 0 bridgehead atoms. The largest absolute Gasteiger partial charge is 0.497 e. The Hall–Kier alpha value is -3.86. The second kappa shape index (κ2) is 9.52. The van der Waals surface area contributed by atoms with Crippen LogP contribution in [0.2, 0.25) is 0 Å². The Morgan fingerprint density at radius 2 is 2.09 bits per heavy atom. The van der Waals surface area contributed by atoms with Crippen LogP contribution in [0.15, 0.2) is 52.1 Å². The van der Waals surface area contributed by atoms with Crippen LogP contribution in [0.4, 0.5) is 5.95 Å². The maximum absolute atomic E-state index is 12.9. The molecule has 0 spiro atoms. The van der Waals surface area contributed by atoms with Crippen LogP contribution in [0.3, 0.4) is 0 Å². The molecule has 0 saturated heterocycles. The van der Waals surface area contributed by atoms with Crippen molar-refractivity contribution in [3.05, 3.63) is 59.6 Å². The van der Waals surface area contributed by atoms with Crippen LogP contribution in [0.1, 0.15) is 21.8 Å². The maximum Gasteiger partial charge on any atom is 0.260 e. The van der Waals surface area contributed by atoms with Gasteiger partial charge in [0.25, 0.3) is 5.91 Å². The molecule has 0 radical (unpaired) electrons. The van der Waals surface area contributed by atoms with E-state index in [1.165, 1.54) is 11.8 Å². The molecule has 2 N–H and O–H groups in total. The summed E-state index contributed by atoms with van der Waals surface area (Å²) in [6.07, 6.45) is 1.63. The third-order valence-corrected chi connectivity index (χ3v) is 5.46. The Balaban J connectivity index is 1.49. The van der Waals surface area contributed by atoms with Gasteiger partial charge in [-0.3, -0.25) is 15.2 Å². The second-order valence-corrected chi connectivity index (χ2v) is 7.57. The van der Waals surface area contributed by atoms with Gasteiger partial charge in [0.2, 0.25) is 5.95 Å². The van der Waals surface area contributed by atoms with Crippen LogP contribution in [0.5, 0.6) is 11.5 Å². The average Bonchev–Trinajstić information content (AvgIpc) is 3.46. The molecule has 164 valence electrons. The van der Waals surface area contributed by atoms with Crippen LogP contribution < -0.4 is 14.8 Å². The number of ether oxygens (including phenoxy) is 2. The Kier molecular flexibility index (Phi) is 6.36. The molecule has 11 heteroatoms. The third kappa shape index (κ3) is 4.72. The lowest BCUT2D eigenvalue weighted by molar-refractivity contribution is 0.102. The number of H-pyrrole nitrogens is 1. The number of carbonyl (C=O) groups is 1. The molecule has 0 aliphatic rings. The number of methoxy groups -OCH3 is 2. The van der Waals surface area contributed by atoms with Crippen LogP contribution in [-0.2, 0) is 5.75 Å². The first-order chi connectivity index (χ1) is 15.6. The van der Waals surface area contributed by atoms with Gasteiger partial charge in [0.15, 0.2) is 5.82 Å². The van der Waals surface area contributed by atoms with Gasteiger partial charge in [0.1, 0.15) is 22.3 Å². The summed E-state index contributed by atoms with van der Waals surface area (Å²) in [5.74, 6) is 2.68. The van der Waals surface area contributed by atoms with Crippen molar-refractivity contribution in [1.82, 2.24) is 25.3 Å². The molecule has 32 heavy (non-hydrogen) atoms. The van der Waals surface area contributed by atoms with Gasteiger partial charge >= 0.3 is 0 Å². The number of rotatable bonds is 8. The fourth-order valence-electron chi connectivity index (χ4n) is 2.91. The highest BCUT2D eigenvalue weighted by atomic mass is 32.2. The fraction of sp³-hybridized carbons (Fsp3) is 0.190. The molecule has 1 aromatic carbocycles. The topological polar surface area (TPSA) is 128 Å². The number of aromatic nitrogens is 5. The highest BCUT2D eigenvalue weighted by molar-refractivity contribution is 7.98. The van der Waals surface area contributed by atoms with Gasteiger partial charge in [0, 0.05) is 24.1 Å². The number of hydrogen-bond acceptors (Lipinski definition) is 9. The summed E-state index contributed by atoms with van der Waals surface area (Å²) in [5, 5.41) is 14.2. The minimum atomic E-state index is -0.371. The van der Waals surface area contributed by atoms with E-state index in [1.54, 1.807) is 50.7 Å². The van der Waals surface area contributed by atoms with E-state index < -0.39 is 0 Å². The van der Waals surface area contributed by atoms with Crippen molar-refractivity contribution in [3.8, 4) is 22.9 Å². The minimum absolute atomic E-state index is 0.134. The molecule has 0 aliphatic heterocycles. The van der Waals surface area contributed by atoms with Crippen LogP contribution >= 0.6 is 11.8 Å². The van der Waals surface area contributed by atoms with Crippen molar-refractivity contribution in [2.24, 2.45) is 0 Å². The minimum Gasteiger partial charge on any atom is -0.497 e. The number of benzene rings is 1. The number of hydrogen-bond donors (Lipinski definition) is 2. The number of amides is 1. The van der Waals surface area contributed by atoms with Crippen LogP contribution in [0, 0.1) is 6.92 Å². The monoisotopic (exact) mass is 452 g/mol. The molecule has 0 unspecified atom stereocenters. The van der Waals surface area contributed by atoms with Gasteiger partial charge in [-0.05, 0) is 31.2 Å². The van der Waals surface area contributed by atoms with E-state index in [0.29, 0.717) is 39.2 Å². The molecular weight excluding hydrogens is 432 g/mol. The van der Waals surface area contributed by atoms with E-state index in [1.807, 2.05) is 13.0 Å². The van der Waals surface area contributed by atoms with Crippen molar-refractivity contribution in [2.75, 3.05) is 19.5 Å². The summed E-state index contributed by atoms with van der Waals surface area (Å²) < 4.78 is 15.7. The molecule has 0 atom stereocenters. The first kappa shape index (κ1) is 21.4. The van der Waals surface area contributed by atoms with Crippen molar-refractivity contribution in [1.29, 1.82) is 0 Å². The summed E-state index contributed by atoms with van der Waals surface area (Å²) in [6.45, 7) is 1.83. The average molecular weight is 452 g/mol. The van der Waals surface area contributed by atoms with E-state index >= 15 is 0 Å². The Morgan fingerprint density at radius 3 is 2.84 bits per heavy atom. The molecule has 4 aromatic rings. The molecule has 4 rings (SSSR count). The summed E-state index contributed by atoms with van der Waals surface area (Å²) in [7, 11) is 3.13. The molecule has 0 fully saturated rings. The lowest BCUT2D eigenvalue weighted by atomic mass is 10.2. The maximum atomic E-state index is 12.9. The third-order valence-electron chi connectivity index (χ3n) is 4.42. The zero-order valence-electron chi connectivity index (χ0n) is 17.6. The number of thioether (sulfide) groups is 1. The number of pyridine rings is 1. The number of aromatic amines is 1. The lowest BCUT2D eigenvalue weighted by Gasteiger charge is -2.08. The highest BCUT2D eigenvalue weighted by Gasteiger charge is 2.17. The Bertz CT molecular complexity index is 1240. The molecule has 0 saturated carbocycles. The summed E-state index contributed by atoms with van der Waals surface area (Å²) >= 11 is 1.39. The van der Waals surface area contributed by atoms with E-state index in [4.69, 9.17) is 14.0 Å². The van der Waals surface area contributed by atoms with E-state index in [9.17, 15) is 4.79 Å². The van der Waals surface area contributed by atoms with Gasteiger partial charge in [-0.2, -0.15) is 4.98 Å². The Morgan fingerprint density at radius 1 is 1.22 bits per heavy atom. The van der Waals surface area contributed by atoms with Gasteiger partial charge in [-0.15, -0.1) is 5.10 Å². The smallest absolute Gasteiger partial charge is 0.260 e. The molecule has 1 amide bonds. The molecule has 3 heterocycles. The molecule has 0 aliphatic carbocycles. The zero-order chi connectivity index (χ0) is 22.5. The van der Waals surface area contributed by atoms with Crippen molar-refractivity contribution in [2.45, 2.75) is 17.7 Å². The quantitative estimate of drug-likeness (QED) is 0.384. The number of nitrogens with one attached hydrogen (secondary N) is 2. The lowest BCUT2D eigenvalue weighted by Crippen LogP contribution is -2.14. The standard InChI is InChI=1S/C21H20N6O4S/c1-12-9-13(27-31-12)11-32-20-16(5-4-8-22-20)19(28)24-21-23-18(25-26-21)15-7-6-14(29-2)10-17(15)30-3/h4-10H,11H2,1-3H3,(H2,23,24,25,26,28). The summed E-state index contributed by atoms with van der Waals surface area (Å²) in [6, 6.07) is 10.6. The summed E-state index contributed by atoms with van der Waals surface area (Å²) in [4.78, 5) is 21.6. The number of anilines is 1. The predicted molar refractivity (Wildman–Crippen MR) is 118 cm³/mol. The number of carbonyl (C=O) groups excluding carboxylic acids is 1. The van der Waals surface area contributed by atoms with Gasteiger partial charge in [-0.1, -0.05) is 16.9 Å². The van der Waals surface area contributed by atoms with Crippen molar-refractivity contribution < 1.29 is 18.8 Å². The first-order valence-corrected chi connectivity index (χ1v) is 10.5. The van der Waals surface area contributed by atoms with Gasteiger partial charge < -0.3 is 14.0 Å². The van der Waals surface area contributed by atoms with Crippen LogP contribution in [-0.4, -0.2) is 45.4 Å². The van der Waals surface area contributed by atoms with E-state index in [2.05, 4.69) is 30.6 Å². The predicted octanol–water partition coefficient (Wildman–Crippen LogP) is 3.72. The second-order valence-electron chi connectivity index (χ2n) is 6.60.